The highest BCUT2D eigenvalue weighted by Gasteiger charge is 2.32. The number of nitrogens with one attached hydrogen (secondary N) is 2. The van der Waals surface area contributed by atoms with Crippen molar-refractivity contribution in [2.45, 2.75) is 64.5 Å². The SMILES string of the molecule is COc1ccc(NC(=O)N(C)C[C@@H]2Oc3ccc(NC(=O)C4CCCCC4)cc3CC(=O)N([C@@H](C)CO)C[C@@H]2C)cc1. The van der Waals surface area contributed by atoms with Gasteiger partial charge in [-0.05, 0) is 62.2 Å². The molecule has 3 atom stereocenters. The van der Waals surface area contributed by atoms with E-state index in [0.717, 1.165) is 25.7 Å². The summed E-state index contributed by atoms with van der Waals surface area (Å²) in [6, 6.07) is 11.8. The molecule has 1 aliphatic heterocycles. The molecule has 1 aliphatic carbocycles. The number of anilines is 2. The minimum absolute atomic E-state index is 0.00701. The second-order valence-corrected chi connectivity index (χ2v) is 11.6. The molecule has 0 saturated heterocycles. The van der Waals surface area contributed by atoms with Gasteiger partial charge in [0.05, 0.1) is 32.7 Å². The van der Waals surface area contributed by atoms with Crippen molar-refractivity contribution in [3.05, 3.63) is 48.0 Å². The maximum absolute atomic E-state index is 13.5. The number of hydrogen-bond acceptors (Lipinski definition) is 6. The van der Waals surface area contributed by atoms with E-state index in [-0.39, 0.29) is 55.3 Å². The van der Waals surface area contributed by atoms with Gasteiger partial charge in [-0.3, -0.25) is 9.59 Å². The number of carbonyl (C=O) groups excluding carboxylic acids is 3. The molecule has 1 fully saturated rings. The average molecular weight is 581 g/mol. The lowest BCUT2D eigenvalue weighted by atomic mass is 9.88. The molecule has 3 N–H and O–H groups in total. The Morgan fingerprint density at radius 2 is 1.79 bits per heavy atom. The van der Waals surface area contributed by atoms with E-state index in [1.807, 2.05) is 19.9 Å². The Kier molecular flexibility index (Phi) is 10.7. The maximum Gasteiger partial charge on any atom is 0.321 e. The molecule has 2 aromatic carbocycles. The lowest BCUT2D eigenvalue weighted by molar-refractivity contribution is -0.134. The van der Waals surface area contributed by atoms with E-state index in [1.165, 1.54) is 6.42 Å². The van der Waals surface area contributed by atoms with Gasteiger partial charge in [0, 0.05) is 42.4 Å². The number of likely N-dealkylation sites (N-methyl/N-ethyl adjacent to an activating group) is 1. The molecule has 2 aliphatic rings. The minimum atomic E-state index is -0.447. The molecular formula is C32H44N4O6. The van der Waals surface area contributed by atoms with Crippen LogP contribution >= 0.6 is 0 Å². The van der Waals surface area contributed by atoms with Gasteiger partial charge < -0.3 is 35.0 Å². The van der Waals surface area contributed by atoms with Gasteiger partial charge >= 0.3 is 6.03 Å². The first-order valence-corrected chi connectivity index (χ1v) is 14.9. The van der Waals surface area contributed by atoms with Crippen LogP contribution in [0.2, 0.25) is 0 Å². The van der Waals surface area contributed by atoms with Gasteiger partial charge in [0.2, 0.25) is 11.8 Å². The van der Waals surface area contributed by atoms with Crippen LogP contribution in [-0.4, -0.2) is 78.8 Å². The Labute approximate surface area is 248 Å². The number of fused-ring (bicyclic) bond motifs is 1. The third-order valence-electron chi connectivity index (χ3n) is 8.30. The van der Waals surface area contributed by atoms with E-state index >= 15 is 0 Å². The third kappa shape index (κ3) is 7.94. The highest BCUT2D eigenvalue weighted by atomic mass is 16.5. The van der Waals surface area contributed by atoms with Gasteiger partial charge in [0.25, 0.3) is 0 Å². The molecule has 4 amide bonds. The number of methoxy groups -OCH3 is 1. The minimum Gasteiger partial charge on any atom is -0.497 e. The quantitative estimate of drug-likeness (QED) is 0.422. The first kappa shape index (κ1) is 31.2. The second-order valence-electron chi connectivity index (χ2n) is 11.6. The van der Waals surface area contributed by atoms with Crippen molar-refractivity contribution in [2.75, 3.05) is 44.5 Å². The fourth-order valence-electron chi connectivity index (χ4n) is 5.58. The van der Waals surface area contributed by atoms with Crippen molar-refractivity contribution < 1.29 is 29.0 Å². The van der Waals surface area contributed by atoms with Crippen LogP contribution in [0.3, 0.4) is 0 Å². The van der Waals surface area contributed by atoms with E-state index in [9.17, 15) is 19.5 Å². The molecule has 2 aromatic rings. The lowest BCUT2D eigenvalue weighted by Crippen LogP contribution is -2.48. The smallest absolute Gasteiger partial charge is 0.321 e. The Hall–Kier alpha value is -3.79. The number of hydrogen-bond donors (Lipinski definition) is 3. The topological polar surface area (TPSA) is 120 Å². The zero-order valence-corrected chi connectivity index (χ0v) is 25.1. The largest absolute Gasteiger partial charge is 0.497 e. The van der Waals surface area contributed by atoms with E-state index in [4.69, 9.17) is 9.47 Å². The predicted molar refractivity (Wildman–Crippen MR) is 162 cm³/mol. The second kappa shape index (κ2) is 14.4. The number of amides is 4. The van der Waals surface area contributed by atoms with Gasteiger partial charge in [-0.25, -0.2) is 4.79 Å². The number of benzene rings is 2. The monoisotopic (exact) mass is 580 g/mol. The molecule has 4 rings (SSSR count). The zero-order chi connectivity index (χ0) is 30.2. The average Bonchev–Trinajstić information content (AvgIpc) is 3.04. The first-order valence-electron chi connectivity index (χ1n) is 14.9. The van der Waals surface area contributed by atoms with Gasteiger partial charge in [-0.15, -0.1) is 0 Å². The summed E-state index contributed by atoms with van der Waals surface area (Å²) in [6.07, 6.45) is 4.71. The number of urea groups is 1. The van der Waals surface area contributed by atoms with Crippen molar-refractivity contribution in [2.24, 2.45) is 11.8 Å². The number of aliphatic hydroxyl groups is 1. The first-order chi connectivity index (χ1) is 20.2. The van der Waals surface area contributed by atoms with Gasteiger partial charge in [-0.2, -0.15) is 0 Å². The number of ether oxygens (including phenoxy) is 2. The van der Waals surface area contributed by atoms with Gasteiger partial charge in [-0.1, -0.05) is 26.2 Å². The predicted octanol–water partition coefficient (Wildman–Crippen LogP) is 4.53. The summed E-state index contributed by atoms with van der Waals surface area (Å²) in [6.45, 7) is 4.25. The van der Waals surface area contributed by atoms with Crippen molar-refractivity contribution in [3.8, 4) is 11.5 Å². The molecule has 0 aromatic heterocycles. The van der Waals surface area contributed by atoms with Crippen LogP contribution < -0.4 is 20.1 Å². The van der Waals surface area contributed by atoms with Crippen molar-refractivity contribution in [1.29, 1.82) is 0 Å². The Bertz CT molecular complexity index is 1230. The normalized spacial score (nSPS) is 20.2. The standard InChI is InChI=1S/C32H44N4O6/c1-21-18-36(22(2)20-37)30(38)17-24-16-26(33-31(39)23-8-6-5-7-9-23)12-15-28(24)42-29(21)19-35(3)32(40)34-25-10-13-27(41-4)14-11-25/h10-16,21-23,29,37H,5-9,17-20H2,1-4H3,(H,33,39)(H,34,40)/t21-,22-,29-/m0/s1. The molecule has 42 heavy (non-hydrogen) atoms. The maximum atomic E-state index is 13.5. The third-order valence-corrected chi connectivity index (χ3v) is 8.30. The highest BCUT2D eigenvalue weighted by molar-refractivity contribution is 5.93. The number of carbonyl (C=O) groups is 3. The zero-order valence-electron chi connectivity index (χ0n) is 25.1. The van der Waals surface area contributed by atoms with Crippen LogP contribution in [0.5, 0.6) is 11.5 Å². The fourth-order valence-corrected chi connectivity index (χ4v) is 5.58. The summed E-state index contributed by atoms with van der Waals surface area (Å²) in [5.41, 5.74) is 1.92. The van der Waals surface area contributed by atoms with Crippen LogP contribution in [0.1, 0.15) is 51.5 Å². The van der Waals surface area contributed by atoms with Crippen LogP contribution in [-0.2, 0) is 16.0 Å². The molecule has 1 saturated carbocycles. The highest BCUT2D eigenvalue weighted by Crippen LogP contribution is 2.31. The summed E-state index contributed by atoms with van der Waals surface area (Å²) in [4.78, 5) is 42.7. The molecule has 228 valence electrons. The van der Waals surface area contributed by atoms with Gasteiger partial charge in [0.1, 0.15) is 17.6 Å². The lowest BCUT2D eigenvalue weighted by Gasteiger charge is -2.34. The summed E-state index contributed by atoms with van der Waals surface area (Å²) in [5, 5.41) is 15.8. The van der Waals surface area contributed by atoms with Crippen LogP contribution in [0.15, 0.2) is 42.5 Å². The molecule has 10 heteroatoms. The van der Waals surface area contributed by atoms with Crippen LogP contribution in [0, 0.1) is 11.8 Å². The summed E-state index contributed by atoms with van der Waals surface area (Å²) in [5.74, 6) is 0.967. The molecule has 0 spiro atoms. The molecular weight excluding hydrogens is 536 g/mol. The molecule has 0 unspecified atom stereocenters. The molecule has 1 heterocycles. The Morgan fingerprint density at radius 1 is 1.10 bits per heavy atom. The Balaban J connectivity index is 1.54. The molecule has 0 radical (unpaired) electrons. The van der Waals surface area contributed by atoms with Crippen LogP contribution in [0.25, 0.3) is 0 Å². The van der Waals surface area contributed by atoms with E-state index in [2.05, 4.69) is 10.6 Å². The number of rotatable bonds is 8. The van der Waals surface area contributed by atoms with E-state index < -0.39 is 6.10 Å². The Morgan fingerprint density at radius 3 is 2.45 bits per heavy atom. The van der Waals surface area contributed by atoms with Gasteiger partial charge in [0.15, 0.2) is 0 Å². The van der Waals surface area contributed by atoms with Crippen molar-refractivity contribution in [1.82, 2.24) is 9.80 Å². The van der Waals surface area contributed by atoms with E-state index in [0.29, 0.717) is 35.0 Å². The summed E-state index contributed by atoms with van der Waals surface area (Å²) >= 11 is 0. The fraction of sp³-hybridized carbons (Fsp3) is 0.531. The number of nitrogens with zero attached hydrogens (tertiary/aromatic N) is 2. The van der Waals surface area contributed by atoms with Crippen molar-refractivity contribution in [3.63, 3.8) is 0 Å². The number of aliphatic hydroxyl groups excluding tert-OH is 1. The van der Waals surface area contributed by atoms with E-state index in [1.54, 1.807) is 60.4 Å². The molecule has 10 nitrogen and oxygen atoms in total. The van der Waals surface area contributed by atoms with Crippen LogP contribution in [0.4, 0.5) is 16.2 Å². The van der Waals surface area contributed by atoms with Crippen molar-refractivity contribution >= 4 is 29.2 Å². The molecule has 0 bridgehead atoms. The summed E-state index contributed by atoms with van der Waals surface area (Å²) < 4.78 is 11.7. The summed E-state index contributed by atoms with van der Waals surface area (Å²) in [7, 11) is 3.29.